The third kappa shape index (κ3) is 69.4. The van der Waals surface area contributed by atoms with E-state index in [-0.39, 0.29) is 12.5 Å². The summed E-state index contributed by atoms with van der Waals surface area (Å²) >= 11 is 0. The Bertz CT molecular complexity index is 1260. The number of hydrogen-bond acceptors (Lipinski definition) is 3. The second-order valence-electron chi connectivity index (χ2n) is 26.4. The molecular weight excluding hydrogens is 999 g/mol. The van der Waals surface area contributed by atoms with E-state index in [4.69, 9.17) is 0 Å². The molecule has 82 heavy (non-hydrogen) atoms. The first kappa shape index (κ1) is 80.6. The molecule has 0 fully saturated rings. The molecule has 0 aromatic rings. The van der Waals surface area contributed by atoms with Crippen LogP contribution in [-0.4, -0.2) is 34.9 Å². The molecule has 0 saturated heterocycles. The fraction of sp³-hybridized carbons (Fsp3) is 0.910. The van der Waals surface area contributed by atoms with Crippen LogP contribution in [0.15, 0.2) is 36.5 Å². The zero-order chi connectivity index (χ0) is 59.1. The summed E-state index contributed by atoms with van der Waals surface area (Å²) in [6.07, 6.45) is 103. The van der Waals surface area contributed by atoms with E-state index in [1.165, 1.54) is 385 Å². The second-order valence-corrected chi connectivity index (χ2v) is 26.4. The minimum atomic E-state index is -0.839. The zero-order valence-electron chi connectivity index (χ0n) is 56.3. The molecule has 0 bridgehead atoms. The van der Waals surface area contributed by atoms with E-state index in [0.29, 0.717) is 6.42 Å². The van der Waals surface area contributed by atoms with Gasteiger partial charge in [-0.1, -0.05) is 416 Å². The number of aliphatic hydroxyl groups is 2. The highest BCUT2D eigenvalue weighted by atomic mass is 16.3. The average Bonchev–Trinajstić information content (AvgIpc) is 3.50. The Morgan fingerprint density at radius 3 is 0.732 bits per heavy atom. The van der Waals surface area contributed by atoms with Gasteiger partial charge in [-0.2, -0.15) is 0 Å². The van der Waals surface area contributed by atoms with E-state index >= 15 is 0 Å². The summed E-state index contributed by atoms with van der Waals surface area (Å²) < 4.78 is 0. The third-order valence-electron chi connectivity index (χ3n) is 18.1. The third-order valence-corrected chi connectivity index (χ3v) is 18.1. The first-order chi connectivity index (χ1) is 40.7. The smallest absolute Gasteiger partial charge is 0.220 e. The lowest BCUT2D eigenvalue weighted by Gasteiger charge is -2.20. The van der Waals surface area contributed by atoms with Crippen LogP contribution in [0.1, 0.15) is 438 Å². The maximum atomic E-state index is 12.6. The van der Waals surface area contributed by atoms with Crippen LogP contribution < -0.4 is 5.32 Å². The molecule has 4 nitrogen and oxygen atoms in total. The van der Waals surface area contributed by atoms with Crippen molar-refractivity contribution in [2.45, 2.75) is 450 Å². The predicted octanol–water partition coefficient (Wildman–Crippen LogP) is 26.3. The lowest BCUT2D eigenvalue weighted by molar-refractivity contribution is -0.123. The van der Waals surface area contributed by atoms with Crippen LogP contribution >= 0.6 is 0 Å². The summed E-state index contributed by atoms with van der Waals surface area (Å²) in [5.41, 5.74) is 0. The summed E-state index contributed by atoms with van der Waals surface area (Å²) in [6.45, 7) is 4.35. The maximum absolute atomic E-state index is 12.6. The van der Waals surface area contributed by atoms with Crippen LogP contribution in [0, 0.1) is 0 Å². The maximum Gasteiger partial charge on any atom is 0.220 e. The fourth-order valence-electron chi connectivity index (χ4n) is 12.3. The Balaban J connectivity index is 3.38. The van der Waals surface area contributed by atoms with Gasteiger partial charge in [0, 0.05) is 6.42 Å². The molecule has 486 valence electrons. The molecule has 4 heteroatoms. The normalized spacial score (nSPS) is 12.8. The van der Waals surface area contributed by atoms with Gasteiger partial charge in [-0.25, -0.2) is 0 Å². The fourth-order valence-corrected chi connectivity index (χ4v) is 12.3. The number of rotatable bonds is 72. The SMILES string of the molecule is CCCCCCC/C=C\C/C=C\CCCCCCCCCCCCCCCCCCCCCCCCCCCCCCCC(=O)NC(CO)C(O)/C=C/CCCCCCCCCCCCCCCCCCCCCCCCCCCCC. The van der Waals surface area contributed by atoms with E-state index in [9.17, 15) is 15.0 Å². The number of aliphatic hydroxyl groups excluding tert-OH is 2. The number of carbonyl (C=O) groups excluding carboxylic acids is 1. The standard InChI is InChI=1S/C78H151NO3/c1-3-5-7-9-11-13-15-17-19-21-23-25-27-29-31-33-34-35-36-37-38-39-40-41-42-43-44-46-48-50-52-54-56-58-60-62-64-66-68-70-72-74-78(82)79-76(75-80)77(81)73-71-69-67-65-63-61-59-57-55-53-51-49-47-45-32-30-28-26-24-22-20-18-16-14-12-10-8-6-4-2/h15,17,21,23,71,73,76-77,80-81H,3-14,16,18-20,22,24-70,72,74-75H2,1-2H3,(H,79,82)/b17-15-,23-21-,73-71+. The molecule has 0 spiro atoms. The van der Waals surface area contributed by atoms with Gasteiger partial charge in [0.25, 0.3) is 0 Å². The van der Waals surface area contributed by atoms with Crippen LogP contribution in [0.2, 0.25) is 0 Å². The zero-order valence-corrected chi connectivity index (χ0v) is 56.3. The van der Waals surface area contributed by atoms with Crippen molar-refractivity contribution >= 4 is 5.91 Å². The molecular formula is C78H151NO3. The van der Waals surface area contributed by atoms with Gasteiger partial charge >= 0.3 is 0 Å². The van der Waals surface area contributed by atoms with E-state index < -0.39 is 12.1 Å². The van der Waals surface area contributed by atoms with E-state index in [0.717, 1.165) is 32.1 Å². The van der Waals surface area contributed by atoms with Crippen molar-refractivity contribution in [3.05, 3.63) is 36.5 Å². The molecule has 0 aliphatic rings. The summed E-state index contributed by atoms with van der Waals surface area (Å²) in [6, 6.07) is -0.622. The van der Waals surface area contributed by atoms with Gasteiger partial charge in [0.05, 0.1) is 18.8 Å². The molecule has 1 amide bonds. The molecule has 2 unspecified atom stereocenters. The monoisotopic (exact) mass is 1150 g/mol. The lowest BCUT2D eigenvalue weighted by Crippen LogP contribution is -2.45. The molecule has 0 radical (unpaired) electrons. The Morgan fingerprint density at radius 2 is 0.500 bits per heavy atom. The molecule has 0 aliphatic carbocycles. The number of carbonyl (C=O) groups is 1. The number of unbranched alkanes of at least 4 members (excludes halogenated alkanes) is 61. The average molecular weight is 1150 g/mol. The van der Waals surface area contributed by atoms with Crippen molar-refractivity contribution in [2.75, 3.05) is 6.61 Å². The Hall–Kier alpha value is -1.39. The van der Waals surface area contributed by atoms with Gasteiger partial charge in [-0.15, -0.1) is 0 Å². The molecule has 0 aromatic carbocycles. The first-order valence-corrected chi connectivity index (χ1v) is 38.2. The lowest BCUT2D eigenvalue weighted by atomic mass is 10.0. The van der Waals surface area contributed by atoms with Crippen LogP contribution in [0.25, 0.3) is 0 Å². The molecule has 0 heterocycles. The highest BCUT2D eigenvalue weighted by molar-refractivity contribution is 5.76. The van der Waals surface area contributed by atoms with Gasteiger partial charge < -0.3 is 15.5 Å². The molecule has 0 aliphatic heterocycles. The number of hydrogen-bond donors (Lipinski definition) is 3. The molecule has 0 saturated carbocycles. The van der Waals surface area contributed by atoms with Gasteiger partial charge in [-0.3, -0.25) is 4.79 Å². The van der Waals surface area contributed by atoms with Crippen LogP contribution in [0.3, 0.4) is 0 Å². The minimum absolute atomic E-state index is 0.0536. The quantitative estimate of drug-likeness (QED) is 0.0420. The van der Waals surface area contributed by atoms with Gasteiger partial charge in [0.1, 0.15) is 0 Å². The predicted molar refractivity (Wildman–Crippen MR) is 369 cm³/mol. The van der Waals surface area contributed by atoms with Crippen LogP contribution in [0.4, 0.5) is 0 Å². The first-order valence-electron chi connectivity index (χ1n) is 38.2. The van der Waals surface area contributed by atoms with Crippen LogP contribution in [0.5, 0.6) is 0 Å². The summed E-state index contributed by atoms with van der Waals surface area (Å²) in [5, 5.41) is 23.3. The highest BCUT2D eigenvalue weighted by Crippen LogP contribution is 2.20. The van der Waals surface area contributed by atoms with E-state index in [2.05, 4.69) is 43.5 Å². The largest absolute Gasteiger partial charge is 0.394 e. The Kier molecular flexibility index (Phi) is 72.6. The van der Waals surface area contributed by atoms with Crippen molar-refractivity contribution < 1.29 is 15.0 Å². The second kappa shape index (κ2) is 73.9. The molecule has 0 aromatic heterocycles. The summed E-state index contributed by atoms with van der Waals surface area (Å²) in [7, 11) is 0. The Labute approximate surface area is 516 Å². The van der Waals surface area contributed by atoms with E-state index in [1.807, 2.05) is 6.08 Å². The van der Waals surface area contributed by atoms with Crippen molar-refractivity contribution in [2.24, 2.45) is 0 Å². The van der Waals surface area contributed by atoms with Gasteiger partial charge in [0.15, 0.2) is 0 Å². The Morgan fingerprint density at radius 1 is 0.293 bits per heavy atom. The van der Waals surface area contributed by atoms with Crippen molar-refractivity contribution in [3.63, 3.8) is 0 Å². The van der Waals surface area contributed by atoms with Gasteiger partial charge in [-0.05, 0) is 51.4 Å². The summed E-state index contributed by atoms with van der Waals surface area (Å²) in [5.74, 6) is -0.0536. The number of amides is 1. The van der Waals surface area contributed by atoms with Crippen molar-refractivity contribution in [1.29, 1.82) is 0 Å². The van der Waals surface area contributed by atoms with Crippen molar-refractivity contribution in [1.82, 2.24) is 5.32 Å². The molecule has 3 N–H and O–H groups in total. The number of nitrogens with one attached hydrogen (secondary N) is 1. The molecule has 2 atom stereocenters. The molecule has 0 rings (SSSR count). The van der Waals surface area contributed by atoms with Crippen LogP contribution in [-0.2, 0) is 4.79 Å². The van der Waals surface area contributed by atoms with E-state index in [1.54, 1.807) is 6.08 Å². The topological polar surface area (TPSA) is 69.6 Å². The highest BCUT2D eigenvalue weighted by Gasteiger charge is 2.18. The van der Waals surface area contributed by atoms with Crippen molar-refractivity contribution in [3.8, 4) is 0 Å². The summed E-state index contributed by atoms with van der Waals surface area (Å²) in [4.78, 5) is 12.6. The van der Waals surface area contributed by atoms with Gasteiger partial charge in [0.2, 0.25) is 5.91 Å². The number of allylic oxidation sites excluding steroid dienone is 5. The minimum Gasteiger partial charge on any atom is -0.394 e.